The number of carbonyl (C=O) groups excluding carboxylic acids is 2. The van der Waals surface area contributed by atoms with Crippen molar-refractivity contribution in [1.82, 2.24) is 4.90 Å². The van der Waals surface area contributed by atoms with E-state index < -0.39 is 7.12 Å². The molecule has 2 saturated heterocycles. The molecule has 0 radical (unpaired) electrons. The van der Waals surface area contributed by atoms with Crippen molar-refractivity contribution in [3.05, 3.63) is 46.5 Å². The molecule has 5 rings (SSSR count). The van der Waals surface area contributed by atoms with Crippen LogP contribution >= 0.6 is 0 Å². The number of nitrogens with zero attached hydrogens (tertiary/aromatic N) is 1. The number of allylic oxidation sites excluding steroid dienone is 2. The van der Waals surface area contributed by atoms with Gasteiger partial charge in [-0.15, -0.1) is 0 Å². The Hall–Kier alpha value is -2.38. The van der Waals surface area contributed by atoms with Crippen LogP contribution in [0.5, 0.6) is 5.75 Å². The van der Waals surface area contributed by atoms with Gasteiger partial charge in [-0.05, 0) is 80.5 Å². The molecule has 2 aliphatic carbocycles. The van der Waals surface area contributed by atoms with Crippen molar-refractivity contribution in [2.75, 3.05) is 0 Å². The molecule has 1 aromatic carbocycles. The summed E-state index contributed by atoms with van der Waals surface area (Å²) in [5.74, 6) is -0.513. The first-order valence-corrected chi connectivity index (χ1v) is 14.8. The van der Waals surface area contributed by atoms with Crippen LogP contribution in [-0.4, -0.2) is 46.1 Å². The Kier molecular flexibility index (Phi) is 8.44. The maximum Gasteiger partial charge on any atom is 0.455 e. The summed E-state index contributed by atoms with van der Waals surface area (Å²) in [6.07, 6.45) is 12.4. The molecule has 0 unspecified atom stereocenters. The SMILES string of the molecule is CCCC1=C2[C@@H](CC/C(=C/c3cccc(O)c3)CC)OB(O)C[C@@H]2[C@@H]2C(=O)N(C3CCCCC3)C(=O)[C@@H]2C1. The van der Waals surface area contributed by atoms with Gasteiger partial charge in [-0.3, -0.25) is 14.5 Å². The Labute approximate surface area is 227 Å². The lowest BCUT2D eigenvalue weighted by Crippen LogP contribution is -2.46. The number of hydrogen-bond donors (Lipinski definition) is 2. The minimum absolute atomic E-state index is 0.00386. The second kappa shape index (κ2) is 11.8. The van der Waals surface area contributed by atoms with Gasteiger partial charge in [0.25, 0.3) is 0 Å². The summed E-state index contributed by atoms with van der Waals surface area (Å²) < 4.78 is 6.17. The summed E-state index contributed by atoms with van der Waals surface area (Å²) in [6, 6.07) is 7.30. The highest BCUT2D eigenvalue weighted by Crippen LogP contribution is 2.52. The predicted octanol–water partition coefficient (Wildman–Crippen LogP) is 5.90. The van der Waals surface area contributed by atoms with E-state index in [0.29, 0.717) is 12.7 Å². The molecule has 1 saturated carbocycles. The molecule has 2 heterocycles. The number of amides is 2. The lowest BCUT2D eigenvalue weighted by molar-refractivity contribution is -0.143. The zero-order valence-corrected chi connectivity index (χ0v) is 22.9. The van der Waals surface area contributed by atoms with E-state index in [-0.39, 0.29) is 47.5 Å². The molecule has 6 nitrogen and oxygen atoms in total. The Morgan fingerprint density at radius 1 is 1.13 bits per heavy atom. The number of fused-ring (bicyclic) bond motifs is 3. The third kappa shape index (κ3) is 5.37. The molecule has 2 amide bonds. The summed E-state index contributed by atoms with van der Waals surface area (Å²) >= 11 is 0. The van der Waals surface area contributed by atoms with Crippen molar-refractivity contribution in [2.24, 2.45) is 17.8 Å². The van der Waals surface area contributed by atoms with Crippen molar-refractivity contribution >= 4 is 25.0 Å². The molecule has 2 N–H and O–H groups in total. The van der Waals surface area contributed by atoms with Gasteiger partial charge in [0.05, 0.1) is 17.9 Å². The fourth-order valence-electron chi connectivity index (χ4n) is 7.54. The van der Waals surface area contributed by atoms with Gasteiger partial charge in [-0.25, -0.2) is 0 Å². The minimum atomic E-state index is -0.929. The summed E-state index contributed by atoms with van der Waals surface area (Å²) in [6.45, 7) is 4.29. The number of likely N-dealkylation sites (tertiary alicyclic amines) is 1. The average molecular weight is 519 g/mol. The number of phenols is 1. The van der Waals surface area contributed by atoms with E-state index in [1.807, 2.05) is 12.1 Å². The molecule has 204 valence electrons. The van der Waals surface area contributed by atoms with E-state index in [1.54, 1.807) is 17.0 Å². The second-order valence-corrected chi connectivity index (χ2v) is 11.7. The van der Waals surface area contributed by atoms with Crippen molar-refractivity contribution < 1.29 is 24.4 Å². The number of rotatable bonds is 8. The second-order valence-electron chi connectivity index (χ2n) is 11.7. The Bertz CT molecular complexity index is 1110. The first kappa shape index (κ1) is 27.2. The normalized spacial score (nSPS) is 28.7. The first-order valence-electron chi connectivity index (χ1n) is 14.8. The molecule has 2 aliphatic heterocycles. The first-order chi connectivity index (χ1) is 18.4. The highest BCUT2D eigenvalue weighted by atomic mass is 16.5. The summed E-state index contributed by atoms with van der Waals surface area (Å²) in [5.41, 5.74) is 4.68. The predicted molar refractivity (Wildman–Crippen MR) is 149 cm³/mol. The third-order valence-electron chi connectivity index (χ3n) is 9.26. The fourth-order valence-corrected chi connectivity index (χ4v) is 7.54. The van der Waals surface area contributed by atoms with Gasteiger partial charge in [0.2, 0.25) is 11.8 Å². The van der Waals surface area contributed by atoms with Crippen molar-refractivity contribution in [2.45, 2.75) is 103 Å². The van der Waals surface area contributed by atoms with Gasteiger partial charge in [0.1, 0.15) is 5.75 Å². The fraction of sp³-hybridized carbons (Fsp3) is 0.613. The molecule has 38 heavy (non-hydrogen) atoms. The van der Waals surface area contributed by atoms with Gasteiger partial charge in [-0.1, -0.05) is 68.9 Å². The average Bonchev–Trinajstić information content (AvgIpc) is 3.16. The zero-order valence-electron chi connectivity index (χ0n) is 22.9. The largest absolute Gasteiger partial charge is 0.508 e. The number of imide groups is 1. The van der Waals surface area contributed by atoms with E-state index in [2.05, 4.69) is 19.9 Å². The zero-order chi connectivity index (χ0) is 26.8. The van der Waals surface area contributed by atoms with Crippen LogP contribution in [0.3, 0.4) is 0 Å². The van der Waals surface area contributed by atoms with Crippen LogP contribution in [0.4, 0.5) is 0 Å². The Morgan fingerprint density at radius 2 is 1.92 bits per heavy atom. The number of phenolic OH excluding ortho intramolecular Hbond substituents is 1. The van der Waals surface area contributed by atoms with Gasteiger partial charge in [0.15, 0.2) is 0 Å². The van der Waals surface area contributed by atoms with E-state index in [9.17, 15) is 19.7 Å². The van der Waals surface area contributed by atoms with Crippen LogP contribution in [-0.2, 0) is 14.2 Å². The topological polar surface area (TPSA) is 87.1 Å². The third-order valence-corrected chi connectivity index (χ3v) is 9.26. The highest BCUT2D eigenvalue weighted by Gasteiger charge is 2.58. The molecular weight excluding hydrogens is 477 g/mol. The number of carbonyl (C=O) groups is 2. The molecular formula is C31H42BNO5. The van der Waals surface area contributed by atoms with Crippen LogP contribution in [0.25, 0.3) is 6.08 Å². The molecule has 0 spiro atoms. The van der Waals surface area contributed by atoms with E-state index in [1.165, 1.54) is 23.1 Å². The van der Waals surface area contributed by atoms with Crippen LogP contribution in [0.1, 0.15) is 90.0 Å². The molecule has 0 aromatic heterocycles. The van der Waals surface area contributed by atoms with E-state index >= 15 is 0 Å². The number of hydrogen-bond acceptors (Lipinski definition) is 5. The molecule has 7 heteroatoms. The molecule has 4 aliphatic rings. The van der Waals surface area contributed by atoms with Crippen LogP contribution in [0.15, 0.2) is 41.0 Å². The standard InChI is InChI=1S/C31H42BNO5/c1-3-9-22-18-25-29(31(36)33(30(25)35)23-11-6-5-7-12-23)26-19-32(37)38-27(28(22)26)15-14-20(4-2)16-21-10-8-13-24(34)17-21/h8,10,13,16-17,23,25-27,29,34,37H,3-7,9,11-12,14-15,18-19H2,1-2H3/b20-16+/t25-,26+,27-,29-/m1/s1. The van der Waals surface area contributed by atoms with Crippen LogP contribution < -0.4 is 0 Å². The smallest absolute Gasteiger partial charge is 0.455 e. The monoisotopic (exact) mass is 519 g/mol. The molecule has 1 aromatic rings. The van der Waals surface area contributed by atoms with Crippen molar-refractivity contribution in [3.8, 4) is 5.75 Å². The van der Waals surface area contributed by atoms with E-state index in [4.69, 9.17) is 4.65 Å². The van der Waals surface area contributed by atoms with Crippen molar-refractivity contribution in [1.29, 1.82) is 0 Å². The Balaban J connectivity index is 1.41. The number of aromatic hydroxyl groups is 1. The van der Waals surface area contributed by atoms with Gasteiger partial charge in [-0.2, -0.15) is 0 Å². The van der Waals surface area contributed by atoms with E-state index in [0.717, 1.165) is 63.4 Å². The lowest BCUT2D eigenvalue weighted by Gasteiger charge is -2.43. The molecule has 4 atom stereocenters. The maximum absolute atomic E-state index is 13.9. The number of benzene rings is 1. The summed E-state index contributed by atoms with van der Waals surface area (Å²) in [7, 11) is -0.929. The lowest BCUT2D eigenvalue weighted by atomic mass is 9.58. The van der Waals surface area contributed by atoms with Crippen LogP contribution in [0.2, 0.25) is 6.32 Å². The van der Waals surface area contributed by atoms with Crippen molar-refractivity contribution in [3.63, 3.8) is 0 Å². The van der Waals surface area contributed by atoms with Crippen LogP contribution in [0, 0.1) is 17.8 Å². The van der Waals surface area contributed by atoms with Gasteiger partial charge >= 0.3 is 7.12 Å². The highest BCUT2D eigenvalue weighted by molar-refractivity contribution is 6.43. The quantitative estimate of drug-likeness (QED) is 0.254. The summed E-state index contributed by atoms with van der Waals surface area (Å²) in [4.78, 5) is 29.2. The van der Waals surface area contributed by atoms with Gasteiger partial charge < -0.3 is 14.8 Å². The minimum Gasteiger partial charge on any atom is -0.508 e. The molecule has 3 fully saturated rings. The maximum atomic E-state index is 13.9. The molecule has 0 bridgehead atoms. The van der Waals surface area contributed by atoms with Gasteiger partial charge in [0, 0.05) is 6.04 Å². The summed E-state index contributed by atoms with van der Waals surface area (Å²) in [5, 5.41) is 20.7. The Morgan fingerprint density at radius 3 is 2.63 bits per heavy atom.